The van der Waals surface area contributed by atoms with Crippen LogP contribution in [0.5, 0.6) is 5.75 Å². The summed E-state index contributed by atoms with van der Waals surface area (Å²) in [6.45, 7) is 1.71. The first kappa shape index (κ1) is 18.9. The number of carbonyl (C=O) groups excluding carboxylic acids is 2. The van der Waals surface area contributed by atoms with Crippen molar-refractivity contribution in [3.8, 4) is 5.75 Å². The molecule has 0 aliphatic carbocycles. The van der Waals surface area contributed by atoms with Gasteiger partial charge < -0.3 is 4.74 Å². The number of rotatable bonds is 3. The van der Waals surface area contributed by atoms with Crippen molar-refractivity contribution in [2.45, 2.75) is 6.92 Å². The van der Waals surface area contributed by atoms with E-state index >= 15 is 0 Å². The summed E-state index contributed by atoms with van der Waals surface area (Å²) in [7, 11) is 1.57. The molecule has 1 aromatic heterocycles. The van der Waals surface area contributed by atoms with Crippen LogP contribution in [0.25, 0.3) is 10.9 Å². The molecule has 6 nitrogen and oxygen atoms in total. The average molecular weight is 404 g/mol. The highest BCUT2D eigenvalue weighted by atomic mass is 35.5. The van der Waals surface area contributed by atoms with Gasteiger partial charge in [-0.05, 0) is 43.3 Å². The number of hydrogen-bond acceptors (Lipinski definition) is 4. The van der Waals surface area contributed by atoms with Crippen LogP contribution in [0.4, 0.5) is 0 Å². The maximum absolute atomic E-state index is 12.5. The van der Waals surface area contributed by atoms with Crippen molar-refractivity contribution < 1.29 is 14.3 Å². The highest BCUT2D eigenvalue weighted by Gasteiger charge is 2.15. The van der Waals surface area contributed by atoms with Crippen molar-refractivity contribution in [1.29, 1.82) is 0 Å². The summed E-state index contributed by atoms with van der Waals surface area (Å²) in [6.07, 6.45) is 0. The smallest absolute Gasteiger partial charge is 0.271 e. The minimum Gasteiger partial charge on any atom is -0.497 e. The number of halogens is 2. The predicted octanol–water partition coefficient (Wildman–Crippen LogP) is 3.93. The largest absolute Gasteiger partial charge is 0.497 e. The first-order valence-electron chi connectivity index (χ1n) is 7.90. The van der Waals surface area contributed by atoms with Gasteiger partial charge >= 0.3 is 0 Å². The monoisotopic (exact) mass is 403 g/mol. The van der Waals surface area contributed by atoms with E-state index in [4.69, 9.17) is 27.9 Å². The Kier molecular flexibility index (Phi) is 5.48. The van der Waals surface area contributed by atoms with Crippen LogP contribution in [-0.4, -0.2) is 23.9 Å². The Morgan fingerprint density at radius 2 is 1.67 bits per heavy atom. The molecule has 0 saturated heterocycles. The van der Waals surface area contributed by atoms with E-state index in [9.17, 15) is 9.59 Å². The number of aromatic nitrogens is 1. The molecule has 2 amide bonds. The zero-order valence-corrected chi connectivity index (χ0v) is 16.0. The zero-order chi connectivity index (χ0) is 19.6. The summed E-state index contributed by atoms with van der Waals surface area (Å²) in [4.78, 5) is 29.1. The number of methoxy groups -OCH3 is 1. The maximum atomic E-state index is 12.5. The average Bonchev–Trinajstić information content (AvgIpc) is 2.66. The zero-order valence-electron chi connectivity index (χ0n) is 14.5. The summed E-state index contributed by atoms with van der Waals surface area (Å²) in [5, 5.41) is 1.36. The van der Waals surface area contributed by atoms with Crippen molar-refractivity contribution in [2.24, 2.45) is 0 Å². The van der Waals surface area contributed by atoms with E-state index < -0.39 is 11.8 Å². The fourth-order valence-electron chi connectivity index (χ4n) is 2.52. The molecule has 0 bridgehead atoms. The van der Waals surface area contributed by atoms with Gasteiger partial charge in [-0.25, -0.2) is 0 Å². The Bertz CT molecular complexity index is 1050. The molecule has 8 heteroatoms. The van der Waals surface area contributed by atoms with Crippen molar-refractivity contribution in [3.63, 3.8) is 0 Å². The van der Waals surface area contributed by atoms with Crippen molar-refractivity contribution in [2.75, 3.05) is 7.11 Å². The van der Waals surface area contributed by atoms with Gasteiger partial charge in [-0.15, -0.1) is 0 Å². The predicted molar refractivity (Wildman–Crippen MR) is 104 cm³/mol. The number of nitrogens with one attached hydrogen (secondary N) is 2. The van der Waals surface area contributed by atoms with Gasteiger partial charge in [0, 0.05) is 16.5 Å². The lowest BCUT2D eigenvalue weighted by Crippen LogP contribution is -2.42. The molecule has 0 spiro atoms. The molecule has 27 heavy (non-hydrogen) atoms. The lowest BCUT2D eigenvalue weighted by Gasteiger charge is -2.11. The molecule has 3 aromatic rings. The lowest BCUT2D eigenvalue weighted by atomic mass is 10.1. The van der Waals surface area contributed by atoms with E-state index in [2.05, 4.69) is 15.8 Å². The Labute approximate surface area is 165 Å². The summed E-state index contributed by atoms with van der Waals surface area (Å²) < 4.78 is 5.18. The van der Waals surface area contributed by atoms with E-state index in [1.165, 1.54) is 12.1 Å². The number of pyridine rings is 1. The third-order valence-electron chi connectivity index (χ3n) is 3.92. The third-order valence-corrected chi connectivity index (χ3v) is 4.49. The minimum atomic E-state index is -0.577. The number of ether oxygens (including phenoxy) is 1. The van der Waals surface area contributed by atoms with Crippen molar-refractivity contribution in [1.82, 2.24) is 15.8 Å². The van der Waals surface area contributed by atoms with Crippen LogP contribution in [0.2, 0.25) is 10.0 Å². The highest BCUT2D eigenvalue weighted by Crippen LogP contribution is 2.22. The van der Waals surface area contributed by atoms with Gasteiger partial charge in [-0.2, -0.15) is 0 Å². The molecule has 0 saturated carbocycles. The molecule has 0 aliphatic heterocycles. The van der Waals surface area contributed by atoms with Crippen LogP contribution >= 0.6 is 23.2 Å². The Hall–Kier alpha value is -2.83. The Morgan fingerprint density at radius 3 is 2.37 bits per heavy atom. The number of hydrazine groups is 1. The van der Waals surface area contributed by atoms with Crippen LogP contribution in [-0.2, 0) is 0 Å². The molecule has 0 unspecified atom stereocenters. The van der Waals surface area contributed by atoms with Crippen molar-refractivity contribution >= 4 is 45.9 Å². The van der Waals surface area contributed by atoms with E-state index in [0.29, 0.717) is 27.5 Å². The van der Waals surface area contributed by atoms with Crippen molar-refractivity contribution in [3.05, 3.63) is 69.3 Å². The van der Waals surface area contributed by atoms with Gasteiger partial charge in [-0.1, -0.05) is 23.2 Å². The number of benzene rings is 2. The first-order chi connectivity index (χ1) is 12.9. The minimum absolute atomic E-state index is 0.157. The molecule has 1 heterocycles. The normalized spacial score (nSPS) is 10.5. The fraction of sp³-hybridized carbons (Fsp3) is 0.105. The van der Waals surface area contributed by atoms with Gasteiger partial charge in [0.2, 0.25) is 0 Å². The molecular formula is C19H15Cl2N3O3. The van der Waals surface area contributed by atoms with Crippen LogP contribution in [0.1, 0.15) is 26.4 Å². The summed E-state index contributed by atoms with van der Waals surface area (Å²) in [5.41, 5.74) is 6.42. The number of hydrogen-bond donors (Lipinski definition) is 2. The molecule has 138 valence electrons. The first-order valence-corrected chi connectivity index (χ1v) is 8.66. The second-order valence-electron chi connectivity index (χ2n) is 5.71. The Balaban J connectivity index is 1.78. The molecular weight excluding hydrogens is 389 g/mol. The number of nitrogens with zero attached hydrogens (tertiary/aromatic N) is 1. The SMILES string of the molecule is COc1ccc2cc(C(=O)NNC(=O)c3cc(Cl)ccc3Cl)c(C)nc2c1. The molecule has 0 fully saturated rings. The molecule has 2 N–H and O–H groups in total. The number of fused-ring (bicyclic) bond motifs is 1. The number of aryl methyl sites for hydroxylation is 1. The number of carbonyl (C=O) groups is 2. The van der Waals surface area contributed by atoms with Crippen LogP contribution in [0.3, 0.4) is 0 Å². The second kappa shape index (κ2) is 7.82. The molecule has 0 aliphatic rings. The second-order valence-corrected chi connectivity index (χ2v) is 6.56. The lowest BCUT2D eigenvalue weighted by molar-refractivity contribution is 0.0846. The summed E-state index contributed by atoms with van der Waals surface area (Å²) in [6, 6.07) is 11.6. The molecule has 2 aromatic carbocycles. The van der Waals surface area contributed by atoms with Crippen LogP contribution < -0.4 is 15.6 Å². The summed E-state index contributed by atoms with van der Waals surface area (Å²) in [5.74, 6) is -0.395. The quantitative estimate of drug-likeness (QED) is 0.649. The number of amides is 2. The van der Waals surface area contributed by atoms with E-state index in [-0.39, 0.29) is 10.6 Å². The molecule has 0 atom stereocenters. The van der Waals surface area contributed by atoms with Crippen LogP contribution in [0, 0.1) is 6.92 Å². The highest BCUT2D eigenvalue weighted by molar-refractivity contribution is 6.35. The fourth-order valence-corrected chi connectivity index (χ4v) is 2.90. The van der Waals surface area contributed by atoms with Gasteiger partial charge in [0.05, 0.1) is 34.5 Å². The summed E-state index contributed by atoms with van der Waals surface area (Å²) >= 11 is 11.9. The van der Waals surface area contributed by atoms with Gasteiger partial charge in [0.1, 0.15) is 5.75 Å². The topological polar surface area (TPSA) is 80.3 Å². The van der Waals surface area contributed by atoms with Gasteiger partial charge in [0.25, 0.3) is 11.8 Å². The third kappa shape index (κ3) is 4.13. The van der Waals surface area contributed by atoms with E-state index in [1.807, 2.05) is 6.07 Å². The standard InChI is InChI=1S/C19H15Cl2N3O3/c1-10-14(7-11-3-5-13(27-2)9-17(11)22-10)18(25)23-24-19(26)15-8-12(20)4-6-16(15)21/h3-9H,1-2H3,(H,23,25)(H,24,26). The van der Waals surface area contributed by atoms with E-state index in [0.717, 1.165) is 5.39 Å². The van der Waals surface area contributed by atoms with Crippen LogP contribution in [0.15, 0.2) is 42.5 Å². The maximum Gasteiger partial charge on any atom is 0.271 e. The van der Waals surface area contributed by atoms with E-state index in [1.54, 1.807) is 38.3 Å². The van der Waals surface area contributed by atoms with Gasteiger partial charge in [0.15, 0.2) is 0 Å². The Morgan fingerprint density at radius 1 is 0.963 bits per heavy atom. The molecule has 3 rings (SSSR count). The van der Waals surface area contributed by atoms with Gasteiger partial charge in [-0.3, -0.25) is 25.4 Å². The molecule has 0 radical (unpaired) electrons.